The van der Waals surface area contributed by atoms with E-state index in [0.29, 0.717) is 17.7 Å². The van der Waals surface area contributed by atoms with E-state index in [-0.39, 0.29) is 17.4 Å². The van der Waals surface area contributed by atoms with Gasteiger partial charge in [0.25, 0.3) is 5.91 Å². The zero-order valence-corrected chi connectivity index (χ0v) is 17.4. The largest absolute Gasteiger partial charge is 0.497 e. The molecule has 2 aromatic heterocycles. The van der Waals surface area contributed by atoms with Gasteiger partial charge in [-0.1, -0.05) is 12.1 Å². The first kappa shape index (κ1) is 21.7. The first-order valence-electron chi connectivity index (χ1n) is 9.75. The Morgan fingerprint density at radius 1 is 1.21 bits per heavy atom. The molecule has 0 aliphatic carbocycles. The van der Waals surface area contributed by atoms with E-state index in [1.54, 1.807) is 35.0 Å². The number of methoxy groups -OCH3 is 1. The number of amides is 1. The van der Waals surface area contributed by atoms with Crippen LogP contribution in [0.25, 0.3) is 10.9 Å². The third kappa shape index (κ3) is 4.87. The van der Waals surface area contributed by atoms with Crippen molar-refractivity contribution in [2.75, 3.05) is 19.0 Å². The number of hydrogen-bond donors (Lipinski definition) is 1. The van der Waals surface area contributed by atoms with E-state index >= 15 is 0 Å². The number of nitro groups is 1. The third-order valence-corrected chi connectivity index (χ3v) is 4.74. The normalized spacial score (nSPS) is 10.7. The fraction of sp³-hybridized carbons (Fsp3) is 0.136. The minimum Gasteiger partial charge on any atom is -0.497 e. The maximum absolute atomic E-state index is 13.2. The lowest BCUT2D eigenvalue weighted by Gasteiger charge is -2.06. The summed E-state index contributed by atoms with van der Waals surface area (Å²) in [6.45, 7) is -0.0908. The van der Waals surface area contributed by atoms with Crippen molar-refractivity contribution in [3.05, 3.63) is 82.3 Å². The summed E-state index contributed by atoms with van der Waals surface area (Å²) in [5.74, 6) is -0.663. The van der Waals surface area contributed by atoms with Crippen molar-refractivity contribution in [1.82, 2.24) is 14.8 Å². The number of halogens is 1. The average molecular weight is 451 g/mol. The van der Waals surface area contributed by atoms with Crippen LogP contribution in [0.5, 0.6) is 11.6 Å². The Kier molecular flexibility index (Phi) is 6.11. The van der Waals surface area contributed by atoms with E-state index in [4.69, 9.17) is 9.47 Å². The highest BCUT2D eigenvalue weighted by Crippen LogP contribution is 2.29. The second-order valence-electron chi connectivity index (χ2n) is 6.94. The Bertz CT molecular complexity index is 1320. The number of fused-ring (bicyclic) bond motifs is 1. The molecule has 2 aromatic carbocycles. The number of nitrogens with one attached hydrogen (secondary N) is 1. The van der Waals surface area contributed by atoms with Crippen LogP contribution in [0.1, 0.15) is 5.56 Å². The smallest absolute Gasteiger partial charge is 0.387 e. The third-order valence-electron chi connectivity index (χ3n) is 4.74. The summed E-state index contributed by atoms with van der Waals surface area (Å²) >= 11 is 0. The fourth-order valence-electron chi connectivity index (χ4n) is 3.21. The van der Waals surface area contributed by atoms with Crippen molar-refractivity contribution in [2.24, 2.45) is 0 Å². The van der Waals surface area contributed by atoms with E-state index < -0.39 is 23.3 Å². The molecule has 0 saturated carbocycles. The Morgan fingerprint density at radius 2 is 2.00 bits per heavy atom. The highest BCUT2D eigenvalue weighted by atomic mass is 19.1. The number of ether oxygens (including phenoxy) is 2. The molecule has 4 rings (SSSR count). The maximum Gasteiger partial charge on any atom is 0.387 e. The molecule has 0 fully saturated rings. The summed E-state index contributed by atoms with van der Waals surface area (Å²) in [5.41, 5.74) is 1.51. The van der Waals surface area contributed by atoms with Gasteiger partial charge in [0.2, 0.25) is 5.88 Å². The Hall–Kier alpha value is -4.54. The van der Waals surface area contributed by atoms with Gasteiger partial charge in [0.1, 0.15) is 23.5 Å². The van der Waals surface area contributed by atoms with Crippen LogP contribution in [0.3, 0.4) is 0 Å². The van der Waals surface area contributed by atoms with Gasteiger partial charge in [0, 0.05) is 0 Å². The molecular formula is C22H18FN5O5. The SMILES string of the molecule is COc1ccc2c(c1)c(OCC(=O)Nc1cccnc1[N+](=O)[O-])nn2Cc1ccc(F)cc1. The van der Waals surface area contributed by atoms with E-state index in [1.165, 1.54) is 37.6 Å². The van der Waals surface area contributed by atoms with Crippen molar-refractivity contribution in [2.45, 2.75) is 6.54 Å². The number of nitrogens with zero attached hydrogens (tertiary/aromatic N) is 4. The zero-order valence-electron chi connectivity index (χ0n) is 17.4. The standard InChI is InChI=1S/C22H18FN5O5/c1-32-16-8-9-19-17(11-16)22(26-27(19)12-14-4-6-15(23)7-5-14)33-13-20(29)25-18-3-2-10-24-21(18)28(30)31/h2-11H,12-13H2,1H3,(H,25,29). The lowest BCUT2D eigenvalue weighted by molar-refractivity contribution is -0.388. The number of pyridine rings is 1. The van der Waals surface area contributed by atoms with Gasteiger partial charge in [0.15, 0.2) is 6.61 Å². The monoisotopic (exact) mass is 451 g/mol. The van der Waals surface area contributed by atoms with Gasteiger partial charge in [-0.25, -0.2) is 4.39 Å². The van der Waals surface area contributed by atoms with E-state index in [2.05, 4.69) is 15.4 Å². The second kappa shape index (κ2) is 9.30. The highest BCUT2D eigenvalue weighted by Gasteiger charge is 2.18. The van der Waals surface area contributed by atoms with Crippen LogP contribution in [0.15, 0.2) is 60.8 Å². The number of rotatable bonds is 8. The Morgan fingerprint density at radius 3 is 2.73 bits per heavy atom. The molecule has 0 unspecified atom stereocenters. The molecule has 0 aliphatic rings. The minimum absolute atomic E-state index is 0.0375. The molecule has 0 saturated heterocycles. The zero-order chi connectivity index (χ0) is 23.4. The van der Waals surface area contributed by atoms with Gasteiger partial charge in [-0.05, 0) is 57.9 Å². The molecule has 11 heteroatoms. The average Bonchev–Trinajstić information content (AvgIpc) is 3.16. The van der Waals surface area contributed by atoms with Crippen LogP contribution in [-0.2, 0) is 11.3 Å². The summed E-state index contributed by atoms with van der Waals surface area (Å²) in [7, 11) is 1.53. The molecule has 33 heavy (non-hydrogen) atoms. The van der Waals surface area contributed by atoms with Crippen LogP contribution < -0.4 is 14.8 Å². The number of benzene rings is 2. The molecule has 1 N–H and O–H groups in total. The number of carbonyl (C=O) groups excluding carboxylic acids is 1. The maximum atomic E-state index is 13.2. The van der Waals surface area contributed by atoms with Gasteiger partial charge in [-0.15, -0.1) is 5.10 Å². The molecule has 0 atom stereocenters. The van der Waals surface area contributed by atoms with Gasteiger partial charge in [-0.2, -0.15) is 0 Å². The first-order valence-corrected chi connectivity index (χ1v) is 9.75. The summed E-state index contributed by atoms with van der Waals surface area (Å²) in [4.78, 5) is 26.4. The summed E-state index contributed by atoms with van der Waals surface area (Å²) in [5, 5.41) is 18.6. The van der Waals surface area contributed by atoms with Gasteiger partial charge >= 0.3 is 5.82 Å². The first-order chi connectivity index (χ1) is 15.9. The van der Waals surface area contributed by atoms with Crippen molar-refractivity contribution in [3.63, 3.8) is 0 Å². The number of carbonyl (C=O) groups is 1. The predicted molar refractivity (Wildman–Crippen MR) is 117 cm³/mol. The lowest BCUT2D eigenvalue weighted by atomic mass is 10.2. The van der Waals surface area contributed by atoms with Crippen molar-refractivity contribution < 1.29 is 23.6 Å². The predicted octanol–water partition coefficient (Wildman–Crippen LogP) is 3.55. The second-order valence-corrected chi connectivity index (χ2v) is 6.94. The Balaban J connectivity index is 1.56. The van der Waals surface area contributed by atoms with Gasteiger partial charge in [0.05, 0.1) is 24.6 Å². The van der Waals surface area contributed by atoms with E-state index in [1.807, 2.05) is 0 Å². The highest BCUT2D eigenvalue weighted by molar-refractivity contribution is 5.94. The van der Waals surface area contributed by atoms with Crippen LogP contribution in [-0.4, -0.2) is 39.3 Å². The van der Waals surface area contributed by atoms with Crippen LogP contribution in [0, 0.1) is 15.9 Å². The summed E-state index contributed by atoms with van der Waals surface area (Å²) in [6.07, 6.45) is 1.26. The van der Waals surface area contributed by atoms with Gasteiger partial charge in [-0.3, -0.25) is 9.48 Å². The van der Waals surface area contributed by atoms with Gasteiger partial charge < -0.3 is 24.9 Å². The molecule has 0 radical (unpaired) electrons. The lowest BCUT2D eigenvalue weighted by Crippen LogP contribution is -2.21. The molecule has 0 spiro atoms. The summed E-state index contributed by atoms with van der Waals surface area (Å²) in [6, 6.07) is 14.2. The molecule has 168 valence electrons. The van der Waals surface area contributed by atoms with E-state index in [0.717, 1.165) is 11.1 Å². The quantitative estimate of drug-likeness (QED) is 0.321. The Labute approximate surface area is 186 Å². The molecule has 4 aromatic rings. The summed E-state index contributed by atoms with van der Waals surface area (Å²) < 4.78 is 25.8. The number of hydrogen-bond acceptors (Lipinski definition) is 7. The topological polar surface area (TPSA) is 121 Å². The van der Waals surface area contributed by atoms with E-state index in [9.17, 15) is 19.3 Å². The molecule has 10 nitrogen and oxygen atoms in total. The number of aromatic nitrogens is 3. The van der Waals surface area contributed by atoms with Crippen molar-refractivity contribution >= 4 is 28.3 Å². The molecule has 0 bridgehead atoms. The molecule has 0 aliphatic heterocycles. The van der Waals surface area contributed by atoms with Crippen LogP contribution in [0.2, 0.25) is 0 Å². The van der Waals surface area contributed by atoms with Crippen LogP contribution in [0.4, 0.5) is 15.9 Å². The minimum atomic E-state index is -0.687. The van der Waals surface area contributed by atoms with Crippen LogP contribution >= 0.6 is 0 Å². The molecule has 1 amide bonds. The van der Waals surface area contributed by atoms with Crippen molar-refractivity contribution in [3.8, 4) is 11.6 Å². The number of anilines is 1. The van der Waals surface area contributed by atoms with Crippen molar-refractivity contribution in [1.29, 1.82) is 0 Å². The molecular weight excluding hydrogens is 433 g/mol. The fourth-order valence-corrected chi connectivity index (χ4v) is 3.21. The molecule has 2 heterocycles.